The third kappa shape index (κ3) is 17.8. The first-order chi connectivity index (χ1) is 18.0. The molecular weight excluding hydrogens is 504 g/mol. The molecule has 0 spiro atoms. The molecule has 2 N–H and O–H groups in total. The SMILES string of the molecule is CCCCCCCCCCCC(=S)OC[C@H]1OC[C@H](OC(=S)CCCCCCCCCCC)[C@@H](O)[C@@H]1O. The highest BCUT2D eigenvalue weighted by atomic mass is 32.1. The molecule has 5 nitrogen and oxygen atoms in total. The summed E-state index contributed by atoms with van der Waals surface area (Å²) in [5, 5.41) is 22.1. The van der Waals surface area contributed by atoms with E-state index >= 15 is 0 Å². The van der Waals surface area contributed by atoms with E-state index in [0.29, 0.717) is 16.5 Å². The minimum Gasteiger partial charge on any atom is -0.484 e. The average molecular weight is 561 g/mol. The van der Waals surface area contributed by atoms with Gasteiger partial charge in [0.2, 0.25) is 0 Å². The molecule has 0 aliphatic carbocycles. The summed E-state index contributed by atoms with van der Waals surface area (Å²) >= 11 is 10.7. The fraction of sp³-hybridized carbons (Fsp3) is 0.933. The molecule has 1 aliphatic heterocycles. The summed E-state index contributed by atoms with van der Waals surface area (Å²) in [6.07, 6.45) is 20.7. The van der Waals surface area contributed by atoms with Gasteiger partial charge in [0.25, 0.3) is 0 Å². The van der Waals surface area contributed by atoms with Gasteiger partial charge in [-0.15, -0.1) is 0 Å². The van der Waals surface area contributed by atoms with Crippen LogP contribution in [0.25, 0.3) is 0 Å². The highest BCUT2D eigenvalue weighted by Gasteiger charge is 2.40. The maximum absolute atomic E-state index is 10.5. The number of aliphatic hydroxyl groups is 2. The van der Waals surface area contributed by atoms with E-state index < -0.39 is 24.4 Å². The first-order valence-electron chi connectivity index (χ1n) is 15.3. The van der Waals surface area contributed by atoms with Crippen LogP contribution in [0.15, 0.2) is 0 Å². The predicted molar refractivity (Wildman–Crippen MR) is 161 cm³/mol. The first-order valence-corrected chi connectivity index (χ1v) is 16.1. The second-order valence-corrected chi connectivity index (χ2v) is 11.6. The van der Waals surface area contributed by atoms with E-state index in [1.807, 2.05) is 0 Å². The molecule has 0 aromatic rings. The third-order valence-electron chi connectivity index (χ3n) is 7.25. The van der Waals surface area contributed by atoms with Gasteiger partial charge in [-0.1, -0.05) is 117 Å². The Morgan fingerprint density at radius 1 is 0.649 bits per heavy atom. The van der Waals surface area contributed by atoms with E-state index in [-0.39, 0.29) is 13.2 Å². The fourth-order valence-corrected chi connectivity index (χ4v) is 5.22. The Bertz CT molecular complexity index is 572. The molecule has 1 aliphatic rings. The van der Waals surface area contributed by atoms with Crippen LogP contribution in [0.4, 0.5) is 0 Å². The zero-order valence-corrected chi connectivity index (χ0v) is 25.4. The molecule has 0 bridgehead atoms. The van der Waals surface area contributed by atoms with Crippen LogP contribution >= 0.6 is 24.4 Å². The average Bonchev–Trinajstić information content (AvgIpc) is 2.89. The quantitative estimate of drug-likeness (QED) is 0.0969. The molecule has 0 saturated carbocycles. The zero-order chi connectivity index (χ0) is 27.1. The largest absolute Gasteiger partial charge is 0.484 e. The van der Waals surface area contributed by atoms with Crippen LogP contribution in [0.1, 0.15) is 142 Å². The number of thiocarbonyl (C=S) groups is 2. The molecule has 218 valence electrons. The molecule has 1 rings (SSSR count). The van der Waals surface area contributed by atoms with Crippen LogP contribution in [-0.2, 0) is 14.2 Å². The van der Waals surface area contributed by atoms with Gasteiger partial charge in [0, 0.05) is 12.8 Å². The molecule has 37 heavy (non-hydrogen) atoms. The highest BCUT2D eigenvalue weighted by Crippen LogP contribution is 2.21. The lowest BCUT2D eigenvalue weighted by Gasteiger charge is -2.37. The molecule has 1 saturated heterocycles. The zero-order valence-electron chi connectivity index (χ0n) is 23.8. The monoisotopic (exact) mass is 560 g/mol. The fourth-order valence-electron chi connectivity index (χ4n) is 4.74. The standard InChI is InChI=1S/C30H56O5S2/c1-3-5-7-9-11-13-15-17-19-21-27(36)34-23-25-29(31)30(32)26(24-33-25)35-28(37)22-20-18-16-14-12-10-8-6-4-2/h25-26,29-32H,3-24H2,1-2H3/t25-,26+,29-,30-/m1/s1. The van der Waals surface area contributed by atoms with Gasteiger partial charge in [-0.2, -0.15) is 0 Å². The Balaban J connectivity index is 2.09. The van der Waals surface area contributed by atoms with Crippen LogP contribution in [0.5, 0.6) is 0 Å². The van der Waals surface area contributed by atoms with Crippen molar-refractivity contribution in [1.29, 1.82) is 0 Å². The maximum atomic E-state index is 10.5. The molecule has 1 fully saturated rings. The van der Waals surface area contributed by atoms with Gasteiger partial charge in [-0.3, -0.25) is 0 Å². The van der Waals surface area contributed by atoms with Gasteiger partial charge in [0.15, 0.2) is 16.2 Å². The maximum Gasteiger partial charge on any atom is 0.160 e. The molecule has 0 radical (unpaired) electrons. The Hall–Kier alpha value is -0.340. The van der Waals surface area contributed by atoms with Crippen molar-refractivity contribution < 1.29 is 24.4 Å². The smallest absolute Gasteiger partial charge is 0.160 e. The third-order valence-corrected chi connectivity index (χ3v) is 7.87. The van der Waals surface area contributed by atoms with Gasteiger partial charge in [0.1, 0.15) is 24.9 Å². The van der Waals surface area contributed by atoms with E-state index in [2.05, 4.69) is 13.8 Å². The molecular formula is C30H56O5S2. The van der Waals surface area contributed by atoms with Crippen LogP contribution in [0.3, 0.4) is 0 Å². The number of ether oxygens (including phenoxy) is 3. The lowest BCUT2D eigenvalue weighted by Crippen LogP contribution is -2.55. The molecule has 0 unspecified atom stereocenters. The highest BCUT2D eigenvalue weighted by molar-refractivity contribution is 7.80. The molecule has 4 atom stereocenters. The number of aliphatic hydroxyl groups excluding tert-OH is 2. The van der Waals surface area contributed by atoms with Crippen molar-refractivity contribution in [2.75, 3.05) is 13.2 Å². The van der Waals surface area contributed by atoms with E-state index in [1.54, 1.807) is 0 Å². The van der Waals surface area contributed by atoms with Crippen molar-refractivity contribution in [3.63, 3.8) is 0 Å². The van der Waals surface area contributed by atoms with Crippen LogP contribution in [0.2, 0.25) is 0 Å². The molecule has 0 aromatic heterocycles. The number of hydrogen-bond donors (Lipinski definition) is 2. The molecule has 0 amide bonds. The topological polar surface area (TPSA) is 68.2 Å². The number of hydrogen-bond acceptors (Lipinski definition) is 7. The second-order valence-electron chi connectivity index (χ2n) is 10.7. The molecule has 0 aromatic carbocycles. The Kier molecular flexibility index (Phi) is 22.1. The first kappa shape index (κ1) is 34.7. The van der Waals surface area contributed by atoms with E-state index in [1.165, 1.54) is 89.9 Å². The summed E-state index contributed by atoms with van der Waals surface area (Å²) in [7, 11) is 0. The lowest BCUT2D eigenvalue weighted by atomic mass is 10.0. The summed E-state index contributed by atoms with van der Waals surface area (Å²) < 4.78 is 17.2. The summed E-state index contributed by atoms with van der Waals surface area (Å²) in [4.78, 5) is 0. The van der Waals surface area contributed by atoms with Gasteiger partial charge in [-0.05, 0) is 37.3 Å². The number of rotatable bonds is 23. The van der Waals surface area contributed by atoms with E-state index in [9.17, 15) is 10.2 Å². The Labute approximate surface area is 238 Å². The molecule has 1 heterocycles. The van der Waals surface area contributed by atoms with Crippen molar-refractivity contribution in [3.8, 4) is 0 Å². The summed E-state index contributed by atoms with van der Waals surface area (Å²) in [6, 6.07) is 0. The van der Waals surface area contributed by atoms with E-state index in [4.69, 9.17) is 38.6 Å². The van der Waals surface area contributed by atoms with Crippen molar-refractivity contribution in [3.05, 3.63) is 0 Å². The van der Waals surface area contributed by atoms with Crippen LogP contribution < -0.4 is 0 Å². The van der Waals surface area contributed by atoms with Gasteiger partial charge >= 0.3 is 0 Å². The minimum absolute atomic E-state index is 0.143. The van der Waals surface area contributed by atoms with Crippen LogP contribution in [0, 0.1) is 0 Å². The molecule has 7 heteroatoms. The van der Waals surface area contributed by atoms with Crippen molar-refractivity contribution >= 4 is 34.5 Å². The van der Waals surface area contributed by atoms with Crippen molar-refractivity contribution in [1.82, 2.24) is 0 Å². The normalized spacial score (nSPS) is 21.6. The number of unbranched alkanes of at least 4 members (excludes halogenated alkanes) is 16. The van der Waals surface area contributed by atoms with Crippen molar-refractivity contribution in [2.45, 2.75) is 167 Å². The van der Waals surface area contributed by atoms with Crippen molar-refractivity contribution in [2.24, 2.45) is 0 Å². The summed E-state index contributed by atoms with van der Waals surface area (Å²) in [5.74, 6) is 0. The van der Waals surface area contributed by atoms with Gasteiger partial charge in [0.05, 0.1) is 6.61 Å². The summed E-state index contributed by atoms with van der Waals surface area (Å²) in [6.45, 7) is 4.81. The van der Waals surface area contributed by atoms with Crippen LogP contribution in [-0.4, -0.2) is 57.9 Å². The summed E-state index contributed by atoms with van der Waals surface area (Å²) in [5.41, 5.74) is 0. The van der Waals surface area contributed by atoms with E-state index in [0.717, 1.165) is 32.1 Å². The Morgan fingerprint density at radius 3 is 1.57 bits per heavy atom. The minimum atomic E-state index is -1.09. The van der Waals surface area contributed by atoms with Gasteiger partial charge in [-0.25, -0.2) is 0 Å². The van der Waals surface area contributed by atoms with Gasteiger partial charge < -0.3 is 24.4 Å². The predicted octanol–water partition coefficient (Wildman–Crippen LogP) is 8.01. The Morgan fingerprint density at radius 2 is 1.08 bits per heavy atom. The second kappa shape index (κ2) is 23.5. The lowest BCUT2D eigenvalue weighted by molar-refractivity contribution is -0.190.